The van der Waals surface area contributed by atoms with Gasteiger partial charge in [-0.15, -0.1) is 0 Å². The van der Waals surface area contributed by atoms with Crippen LogP contribution in [0.3, 0.4) is 0 Å². The minimum atomic E-state index is 0.0136. The lowest BCUT2D eigenvalue weighted by Crippen LogP contribution is -2.57. The predicted octanol–water partition coefficient (Wildman–Crippen LogP) is 6.70. The van der Waals surface area contributed by atoms with E-state index in [-0.39, 0.29) is 6.98 Å². The summed E-state index contributed by atoms with van der Waals surface area (Å²) in [6, 6.07) is 17.3. The van der Waals surface area contributed by atoms with E-state index in [2.05, 4.69) is 99.6 Å². The number of aryl methyl sites for hydroxylation is 1. The van der Waals surface area contributed by atoms with E-state index < -0.39 is 0 Å². The van der Waals surface area contributed by atoms with Gasteiger partial charge in [0.1, 0.15) is 17.0 Å². The third-order valence-electron chi connectivity index (χ3n) is 7.39. The molecule has 170 valence electrons. The van der Waals surface area contributed by atoms with Crippen LogP contribution in [-0.2, 0) is 0 Å². The predicted molar refractivity (Wildman–Crippen MR) is 143 cm³/mol. The van der Waals surface area contributed by atoms with E-state index in [1.54, 1.807) is 0 Å². The van der Waals surface area contributed by atoms with Crippen molar-refractivity contribution in [3.63, 3.8) is 0 Å². The van der Waals surface area contributed by atoms with Crippen molar-refractivity contribution >= 4 is 40.1 Å². The first-order valence-corrected chi connectivity index (χ1v) is 12.2. The second kappa shape index (κ2) is 7.52. The Morgan fingerprint density at radius 3 is 2.32 bits per heavy atom. The normalized spacial score (nSPS) is 13.4. The van der Waals surface area contributed by atoms with Gasteiger partial charge in [-0.1, -0.05) is 64.1 Å². The Morgan fingerprint density at radius 2 is 1.62 bits per heavy atom. The Labute approximate surface area is 201 Å². The lowest BCUT2D eigenvalue weighted by atomic mass is 9.58. The summed E-state index contributed by atoms with van der Waals surface area (Å²) in [5, 5.41) is 2.33. The first-order chi connectivity index (χ1) is 16.4. The molecule has 0 amide bonds. The molecular weight excluding hydrogens is 417 g/mol. The Morgan fingerprint density at radius 1 is 0.912 bits per heavy atom. The molecule has 0 radical (unpaired) electrons. The summed E-state index contributed by atoms with van der Waals surface area (Å²) in [7, 11) is 2.23. The zero-order chi connectivity index (χ0) is 23.7. The van der Waals surface area contributed by atoms with Crippen LogP contribution in [0.4, 0.5) is 5.69 Å². The number of nitrogens with zero attached hydrogens (tertiary/aromatic N) is 3. The molecule has 34 heavy (non-hydrogen) atoms. The zero-order valence-corrected chi connectivity index (χ0v) is 20.8. The van der Waals surface area contributed by atoms with E-state index in [1.165, 1.54) is 38.8 Å². The van der Waals surface area contributed by atoms with Crippen LogP contribution in [0.5, 0.6) is 0 Å². The number of hydrogen-bond donors (Lipinski definition) is 0. The molecule has 3 heterocycles. The Bertz CT molecular complexity index is 1530. The number of benzene rings is 3. The summed E-state index contributed by atoms with van der Waals surface area (Å²) in [5.74, 6) is 1.86. The van der Waals surface area contributed by atoms with Crippen LogP contribution in [0.25, 0.3) is 33.3 Å². The van der Waals surface area contributed by atoms with Gasteiger partial charge in [-0.2, -0.15) is 0 Å². The highest BCUT2D eigenvalue weighted by atomic mass is 16.3. The molecule has 0 aliphatic carbocycles. The maximum absolute atomic E-state index is 6.33. The second-order valence-corrected chi connectivity index (χ2v) is 10.2. The van der Waals surface area contributed by atoms with Gasteiger partial charge < -0.3 is 13.7 Å². The summed E-state index contributed by atoms with van der Waals surface area (Å²) < 4.78 is 8.69. The van der Waals surface area contributed by atoms with Crippen LogP contribution in [0.1, 0.15) is 56.2 Å². The van der Waals surface area contributed by atoms with E-state index in [9.17, 15) is 0 Å². The van der Waals surface area contributed by atoms with Crippen molar-refractivity contribution in [2.24, 2.45) is 0 Å². The van der Waals surface area contributed by atoms with E-state index >= 15 is 0 Å². The van der Waals surface area contributed by atoms with Crippen molar-refractivity contribution in [1.29, 1.82) is 0 Å². The van der Waals surface area contributed by atoms with Gasteiger partial charge in [0.25, 0.3) is 0 Å². The van der Waals surface area contributed by atoms with E-state index in [0.717, 1.165) is 22.4 Å². The smallest absolute Gasteiger partial charge is 0.417 e. The number of para-hydroxylation sites is 1. The van der Waals surface area contributed by atoms with Gasteiger partial charge in [0, 0.05) is 29.0 Å². The monoisotopic (exact) mass is 447 g/mol. The third-order valence-corrected chi connectivity index (χ3v) is 7.39. The van der Waals surface area contributed by atoms with Crippen molar-refractivity contribution in [2.45, 2.75) is 46.5 Å². The van der Waals surface area contributed by atoms with Gasteiger partial charge in [0.05, 0.1) is 5.39 Å². The van der Waals surface area contributed by atoms with Gasteiger partial charge in [0.2, 0.25) is 0 Å². The number of aromatic nitrogens is 2. The SMILES string of the molecule is Cc1cc2oc3ccccc3c2c2c1-c1nccn1B(c1c(C(C)C)cccc1C(C)C)N2C. The molecule has 5 aromatic rings. The quantitative estimate of drug-likeness (QED) is 0.289. The number of rotatable bonds is 3. The molecule has 4 nitrogen and oxygen atoms in total. The molecule has 0 atom stereocenters. The highest BCUT2D eigenvalue weighted by Gasteiger charge is 2.40. The number of imidazole rings is 1. The molecular formula is C29H30BN3O. The largest absolute Gasteiger partial charge is 0.456 e. The summed E-state index contributed by atoms with van der Waals surface area (Å²) in [6.45, 7) is 11.3. The summed E-state index contributed by atoms with van der Waals surface area (Å²) >= 11 is 0. The number of anilines is 1. The molecule has 1 aliphatic rings. The Kier molecular flexibility index (Phi) is 4.67. The van der Waals surface area contributed by atoms with E-state index in [1.807, 2.05) is 12.3 Å². The maximum atomic E-state index is 6.33. The van der Waals surface area contributed by atoms with Crippen LogP contribution in [0, 0.1) is 6.92 Å². The molecule has 0 fully saturated rings. The third kappa shape index (κ3) is 2.82. The first-order valence-electron chi connectivity index (χ1n) is 12.2. The Balaban J connectivity index is 1.74. The average molecular weight is 447 g/mol. The molecule has 1 aliphatic heterocycles. The van der Waals surface area contributed by atoms with Crippen molar-refractivity contribution in [3.8, 4) is 11.4 Å². The minimum absolute atomic E-state index is 0.0136. The molecule has 0 bridgehead atoms. The molecule has 0 saturated heterocycles. The van der Waals surface area contributed by atoms with Gasteiger partial charge in [0.15, 0.2) is 0 Å². The lowest BCUT2D eigenvalue weighted by Gasteiger charge is -2.38. The molecule has 2 aromatic heterocycles. The number of furan rings is 1. The fraction of sp³-hybridized carbons (Fsp3) is 0.276. The molecule has 0 N–H and O–H groups in total. The van der Waals surface area contributed by atoms with Crippen molar-refractivity contribution in [2.75, 3.05) is 11.9 Å². The van der Waals surface area contributed by atoms with Crippen LogP contribution in [0.2, 0.25) is 0 Å². The topological polar surface area (TPSA) is 34.2 Å². The zero-order valence-electron chi connectivity index (χ0n) is 20.8. The highest BCUT2D eigenvalue weighted by Crippen LogP contribution is 2.46. The minimum Gasteiger partial charge on any atom is -0.456 e. The Hall–Kier alpha value is -3.47. The van der Waals surface area contributed by atoms with Crippen LogP contribution >= 0.6 is 0 Å². The van der Waals surface area contributed by atoms with E-state index in [0.29, 0.717) is 11.8 Å². The van der Waals surface area contributed by atoms with Crippen LogP contribution in [-0.4, -0.2) is 23.5 Å². The average Bonchev–Trinajstić information content (AvgIpc) is 3.42. The van der Waals surface area contributed by atoms with Gasteiger partial charge >= 0.3 is 6.98 Å². The summed E-state index contributed by atoms with van der Waals surface area (Å²) in [5.41, 5.74) is 9.62. The summed E-state index contributed by atoms with van der Waals surface area (Å²) in [6.07, 6.45) is 4.08. The highest BCUT2D eigenvalue weighted by molar-refractivity contribution is 6.77. The fourth-order valence-electron chi connectivity index (χ4n) is 5.88. The summed E-state index contributed by atoms with van der Waals surface area (Å²) in [4.78, 5) is 7.35. The molecule has 0 saturated carbocycles. The molecule has 5 heteroatoms. The first kappa shape index (κ1) is 21.1. The molecule has 6 rings (SSSR count). The van der Waals surface area contributed by atoms with Crippen LogP contribution < -0.4 is 10.3 Å². The molecule has 0 spiro atoms. The van der Waals surface area contributed by atoms with Crippen LogP contribution in [0.15, 0.2) is 65.3 Å². The van der Waals surface area contributed by atoms with E-state index in [4.69, 9.17) is 9.40 Å². The van der Waals surface area contributed by atoms with Gasteiger partial charge in [-0.25, -0.2) is 4.98 Å². The standard InChI is InChI=1S/C29H30BN3O/c1-17(2)20-11-9-12-21(18(3)4)27(20)30-32(6)28-25(29-31-14-15-33(29)30)19(5)16-24-26(28)22-10-7-8-13-23(22)34-24/h7-18H,1-6H3. The maximum Gasteiger partial charge on any atom is 0.417 e. The second-order valence-electron chi connectivity index (χ2n) is 10.2. The fourth-order valence-corrected chi connectivity index (χ4v) is 5.88. The number of fused-ring (bicyclic) bond motifs is 7. The van der Waals surface area contributed by atoms with Crippen molar-refractivity contribution < 1.29 is 4.42 Å². The van der Waals surface area contributed by atoms with Gasteiger partial charge in [-0.05, 0) is 60.1 Å². The van der Waals surface area contributed by atoms with Gasteiger partial charge in [-0.3, -0.25) is 0 Å². The number of hydrogen-bond acceptors (Lipinski definition) is 3. The molecule has 3 aromatic carbocycles. The molecule has 0 unspecified atom stereocenters. The lowest BCUT2D eigenvalue weighted by molar-refractivity contribution is 0.668. The van der Waals surface area contributed by atoms with Crippen molar-refractivity contribution in [1.82, 2.24) is 9.46 Å². The van der Waals surface area contributed by atoms with Crippen molar-refractivity contribution in [3.05, 3.63) is 77.6 Å².